The van der Waals surface area contributed by atoms with Crippen molar-refractivity contribution in [2.45, 2.75) is 12.5 Å². The third-order valence-electron chi connectivity index (χ3n) is 2.95. The molecule has 2 amide bonds. The van der Waals surface area contributed by atoms with Crippen LogP contribution in [0.15, 0.2) is 24.3 Å². The van der Waals surface area contributed by atoms with E-state index in [4.69, 9.17) is 11.6 Å². The molecule has 1 aliphatic heterocycles. The van der Waals surface area contributed by atoms with Crippen molar-refractivity contribution in [1.29, 1.82) is 0 Å². The highest BCUT2D eigenvalue weighted by atomic mass is 35.5. The molecule has 0 aliphatic carbocycles. The van der Waals surface area contributed by atoms with Crippen molar-refractivity contribution in [3.05, 3.63) is 29.3 Å². The van der Waals surface area contributed by atoms with Gasteiger partial charge in [-0.2, -0.15) is 0 Å². The summed E-state index contributed by atoms with van der Waals surface area (Å²) in [6, 6.07) is 5.69. The molecular weight excluding hydrogens is 284 g/mol. The number of esters is 1. The van der Waals surface area contributed by atoms with E-state index < -0.39 is 12.0 Å². The number of benzene rings is 1. The van der Waals surface area contributed by atoms with E-state index in [0.29, 0.717) is 10.7 Å². The molecule has 1 aliphatic rings. The van der Waals surface area contributed by atoms with E-state index in [2.05, 4.69) is 10.1 Å². The van der Waals surface area contributed by atoms with E-state index >= 15 is 0 Å². The first-order chi connectivity index (χ1) is 9.52. The van der Waals surface area contributed by atoms with Gasteiger partial charge in [0.15, 0.2) is 0 Å². The molecule has 1 fully saturated rings. The number of hydrogen-bond acceptors (Lipinski definition) is 5. The number of hydrogen-bond donors (Lipinski definition) is 1. The van der Waals surface area contributed by atoms with Gasteiger partial charge in [-0.15, -0.1) is 0 Å². The van der Waals surface area contributed by atoms with Gasteiger partial charge in [-0.3, -0.25) is 19.7 Å². The second kappa shape index (κ2) is 6.02. The van der Waals surface area contributed by atoms with Gasteiger partial charge in [0.1, 0.15) is 0 Å². The molecule has 1 aromatic rings. The number of nitrogens with zero attached hydrogens (tertiary/aromatic N) is 1. The number of rotatable bonds is 4. The Morgan fingerprint density at radius 3 is 2.65 bits per heavy atom. The van der Waals surface area contributed by atoms with E-state index in [1.807, 2.05) is 0 Å². The Balaban J connectivity index is 2.09. The lowest BCUT2D eigenvalue weighted by Gasteiger charge is -2.15. The predicted molar refractivity (Wildman–Crippen MR) is 72.4 cm³/mol. The summed E-state index contributed by atoms with van der Waals surface area (Å²) in [6.07, 6.45) is 0.0124. The fourth-order valence-corrected chi connectivity index (χ4v) is 2.06. The smallest absolute Gasteiger partial charge is 0.319 e. The molecule has 0 unspecified atom stereocenters. The second-order valence-electron chi connectivity index (χ2n) is 4.26. The van der Waals surface area contributed by atoms with E-state index in [1.165, 1.54) is 7.11 Å². The third kappa shape index (κ3) is 2.97. The molecule has 0 radical (unpaired) electrons. The molecule has 1 atom stereocenters. The van der Waals surface area contributed by atoms with Crippen molar-refractivity contribution in [3.63, 3.8) is 0 Å². The number of carbonyl (C=O) groups is 3. The molecule has 0 saturated carbocycles. The molecule has 7 heteroatoms. The molecule has 106 valence electrons. The van der Waals surface area contributed by atoms with Crippen molar-refractivity contribution in [2.24, 2.45) is 0 Å². The highest BCUT2D eigenvalue weighted by Gasteiger charge is 2.39. The van der Waals surface area contributed by atoms with E-state index in [9.17, 15) is 14.4 Å². The molecule has 1 aromatic carbocycles. The van der Waals surface area contributed by atoms with Crippen LogP contribution in [0.25, 0.3) is 0 Å². The number of methoxy groups -OCH3 is 1. The van der Waals surface area contributed by atoms with Gasteiger partial charge in [-0.25, -0.2) is 4.90 Å². The van der Waals surface area contributed by atoms with Gasteiger partial charge in [-0.05, 0) is 24.3 Å². The number of anilines is 1. The Hall–Kier alpha value is -1.92. The Morgan fingerprint density at radius 2 is 2.05 bits per heavy atom. The summed E-state index contributed by atoms with van der Waals surface area (Å²) in [5.41, 5.74) is 0.465. The SMILES string of the molecule is COC(=O)CN[C@H]1CC(=O)N(c2ccc(Cl)cc2)C1=O. The standard InChI is InChI=1S/C13H13ClN2O4/c1-20-12(18)7-15-10-6-11(17)16(13(10)19)9-4-2-8(14)3-5-9/h2-5,10,15H,6-7H2,1H3/t10-/m0/s1. The number of nitrogens with one attached hydrogen (secondary N) is 1. The molecule has 1 N–H and O–H groups in total. The van der Waals surface area contributed by atoms with Crippen molar-refractivity contribution < 1.29 is 19.1 Å². The molecule has 6 nitrogen and oxygen atoms in total. The summed E-state index contributed by atoms with van der Waals surface area (Å²) in [5.74, 6) is -1.20. The second-order valence-corrected chi connectivity index (χ2v) is 4.69. The van der Waals surface area contributed by atoms with Crippen LogP contribution in [0.2, 0.25) is 5.02 Å². The Labute approximate surface area is 120 Å². The van der Waals surface area contributed by atoms with Crippen molar-refractivity contribution in [2.75, 3.05) is 18.6 Å². The minimum Gasteiger partial charge on any atom is -0.468 e. The topological polar surface area (TPSA) is 75.7 Å². The van der Waals surface area contributed by atoms with Crippen LogP contribution in [0.3, 0.4) is 0 Å². The van der Waals surface area contributed by atoms with Crippen LogP contribution in [-0.4, -0.2) is 37.5 Å². The summed E-state index contributed by atoms with van der Waals surface area (Å²) in [5, 5.41) is 3.23. The van der Waals surface area contributed by atoms with Crippen LogP contribution in [0.4, 0.5) is 5.69 Å². The van der Waals surface area contributed by atoms with Gasteiger partial charge in [0, 0.05) is 5.02 Å². The summed E-state index contributed by atoms with van der Waals surface area (Å²) >= 11 is 5.77. The van der Waals surface area contributed by atoms with E-state index in [1.54, 1.807) is 24.3 Å². The average Bonchev–Trinajstić information content (AvgIpc) is 2.72. The molecule has 1 heterocycles. The van der Waals surface area contributed by atoms with Gasteiger partial charge < -0.3 is 4.74 Å². The van der Waals surface area contributed by atoms with E-state index in [0.717, 1.165) is 4.90 Å². The first-order valence-electron chi connectivity index (χ1n) is 5.95. The molecular formula is C13H13ClN2O4. The molecule has 0 spiro atoms. The fraction of sp³-hybridized carbons (Fsp3) is 0.308. The van der Waals surface area contributed by atoms with Crippen molar-refractivity contribution in [3.8, 4) is 0 Å². The predicted octanol–water partition coefficient (Wildman–Crippen LogP) is 0.734. The van der Waals surface area contributed by atoms with Gasteiger partial charge >= 0.3 is 5.97 Å². The van der Waals surface area contributed by atoms with Gasteiger partial charge in [0.05, 0.1) is 31.8 Å². The Bertz CT molecular complexity index is 544. The number of imide groups is 1. The minimum absolute atomic E-state index is 0.0124. The third-order valence-corrected chi connectivity index (χ3v) is 3.20. The number of amides is 2. The van der Waals surface area contributed by atoms with Crippen LogP contribution in [-0.2, 0) is 19.1 Å². The number of carbonyl (C=O) groups excluding carboxylic acids is 3. The first-order valence-corrected chi connectivity index (χ1v) is 6.33. The quantitative estimate of drug-likeness (QED) is 0.655. The monoisotopic (exact) mass is 296 g/mol. The molecule has 0 bridgehead atoms. The van der Waals surface area contributed by atoms with Gasteiger partial charge in [0.2, 0.25) is 5.91 Å². The zero-order valence-corrected chi connectivity index (χ0v) is 11.5. The summed E-state index contributed by atoms with van der Waals surface area (Å²) in [7, 11) is 1.26. The Kier molecular flexibility index (Phi) is 4.36. The zero-order chi connectivity index (χ0) is 14.7. The number of halogens is 1. The zero-order valence-electron chi connectivity index (χ0n) is 10.8. The normalized spacial score (nSPS) is 18.5. The summed E-state index contributed by atoms with van der Waals surface area (Å²) < 4.78 is 4.47. The highest BCUT2D eigenvalue weighted by Crippen LogP contribution is 2.24. The van der Waals surface area contributed by atoms with Crippen LogP contribution >= 0.6 is 11.6 Å². The van der Waals surface area contributed by atoms with E-state index in [-0.39, 0.29) is 24.8 Å². The lowest BCUT2D eigenvalue weighted by Crippen LogP contribution is -2.41. The maximum atomic E-state index is 12.2. The van der Waals surface area contributed by atoms with Crippen LogP contribution < -0.4 is 10.2 Å². The molecule has 2 rings (SSSR count). The lowest BCUT2D eigenvalue weighted by atomic mass is 10.2. The number of ether oxygens (including phenoxy) is 1. The lowest BCUT2D eigenvalue weighted by molar-refractivity contribution is -0.139. The molecule has 20 heavy (non-hydrogen) atoms. The van der Waals surface area contributed by atoms with Gasteiger partial charge in [-0.1, -0.05) is 11.6 Å². The first kappa shape index (κ1) is 14.5. The largest absolute Gasteiger partial charge is 0.468 e. The van der Waals surface area contributed by atoms with Crippen LogP contribution in [0.1, 0.15) is 6.42 Å². The van der Waals surface area contributed by atoms with Crippen molar-refractivity contribution >= 4 is 35.1 Å². The summed E-state index contributed by atoms with van der Waals surface area (Å²) in [6.45, 7) is -0.116. The molecule has 1 saturated heterocycles. The molecule has 0 aromatic heterocycles. The summed E-state index contributed by atoms with van der Waals surface area (Å²) in [4.78, 5) is 36.2. The Morgan fingerprint density at radius 1 is 1.40 bits per heavy atom. The van der Waals surface area contributed by atoms with Crippen LogP contribution in [0, 0.1) is 0 Å². The maximum absolute atomic E-state index is 12.2. The van der Waals surface area contributed by atoms with Gasteiger partial charge in [0.25, 0.3) is 5.91 Å². The average molecular weight is 297 g/mol. The van der Waals surface area contributed by atoms with Crippen LogP contribution in [0.5, 0.6) is 0 Å². The fourth-order valence-electron chi connectivity index (χ4n) is 1.93. The minimum atomic E-state index is -0.711. The highest BCUT2D eigenvalue weighted by molar-refractivity contribution is 6.30. The maximum Gasteiger partial charge on any atom is 0.319 e. The van der Waals surface area contributed by atoms with Crippen molar-refractivity contribution in [1.82, 2.24) is 5.32 Å².